The van der Waals surface area contributed by atoms with Gasteiger partial charge in [-0.15, -0.1) is 0 Å². The zero-order valence-electron chi connectivity index (χ0n) is 11.5. The van der Waals surface area contributed by atoms with E-state index in [0.717, 1.165) is 5.56 Å². The first kappa shape index (κ1) is 14.5. The molecule has 0 spiro atoms. The summed E-state index contributed by atoms with van der Waals surface area (Å²) >= 11 is 5.92. The minimum absolute atomic E-state index is 0.00739. The van der Waals surface area contributed by atoms with E-state index in [2.05, 4.69) is 4.98 Å². The van der Waals surface area contributed by atoms with Gasteiger partial charge in [-0.1, -0.05) is 23.7 Å². The normalized spacial score (nSPS) is 10.6. The summed E-state index contributed by atoms with van der Waals surface area (Å²) in [5.74, 6) is 0.860. The van der Waals surface area contributed by atoms with Crippen molar-refractivity contribution in [3.8, 4) is 11.8 Å². The SMILES string of the molecule is CC(C)Oc1nc(OCc2cccc(Cl)c2)ccc1N. The molecule has 0 amide bonds. The van der Waals surface area contributed by atoms with Crippen LogP contribution in [-0.4, -0.2) is 11.1 Å². The van der Waals surface area contributed by atoms with Gasteiger partial charge in [0.1, 0.15) is 6.61 Å². The van der Waals surface area contributed by atoms with E-state index in [-0.39, 0.29) is 6.10 Å². The maximum atomic E-state index is 5.92. The highest BCUT2D eigenvalue weighted by molar-refractivity contribution is 6.30. The van der Waals surface area contributed by atoms with Crippen molar-refractivity contribution in [2.45, 2.75) is 26.6 Å². The van der Waals surface area contributed by atoms with Gasteiger partial charge in [0.25, 0.3) is 0 Å². The lowest BCUT2D eigenvalue weighted by molar-refractivity contribution is 0.226. The summed E-state index contributed by atoms with van der Waals surface area (Å²) in [7, 11) is 0. The highest BCUT2D eigenvalue weighted by Crippen LogP contribution is 2.23. The minimum atomic E-state index is 0.00739. The number of ether oxygens (including phenoxy) is 2. The molecule has 0 saturated carbocycles. The van der Waals surface area contributed by atoms with E-state index in [1.54, 1.807) is 12.1 Å². The van der Waals surface area contributed by atoms with E-state index in [4.69, 9.17) is 26.8 Å². The van der Waals surface area contributed by atoms with Crippen molar-refractivity contribution in [1.82, 2.24) is 4.98 Å². The maximum absolute atomic E-state index is 5.92. The predicted octanol–water partition coefficient (Wildman–Crippen LogP) is 3.68. The number of halogens is 1. The summed E-state index contributed by atoms with van der Waals surface area (Å²) in [5.41, 5.74) is 7.27. The van der Waals surface area contributed by atoms with Gasteiger partial charge in [-0.3, -0.25) is 0 Å². The van der Waals surface area contributed by atoms with E-state index >= 15 is 0 Å². The number of nitrogens with zero attached hydrogens (tertiary/aromatic N) is 1. The standard InChI is InChI=1S/C15H17ClN2O2/c1-10(2)20-15-13(17)6-7-14(18-15)19-9-11-4-3-5-12(16)8-11/h3-8,10H,9,17H2,1-2H3. The fourth-order valence-electron chi connectivity index (χ4n) is 1.62. The van der Waals surface area contributed by atoms with Crippen molar-refractivity contribution in [3.63, 3.8) is 0 Å². The Morgan fingerprint density at radius 2 is 2.05 bits per heavy atom. The molecule has 0 aliphatic heterocycles. The summed E-state index contributed by atoms with van der Waals surface area (Å²) < 4.78 is 11.1. The van der Waals surface area contributed by atoms with Crippen molar-refractivity contribution in [2.24, 2.45) is 0 Å². The van der Waals surface area contributed by atoms with Crippen LogP contribution in [0.1, 0.15) is 19.4 Å². The smallest absolute Gasteiger partial charge is 0.240 e. The summed E-state index contributed by atoms with van der Waals surface area (Å²) in [4.78, 5) is 4.25. The van der Waals surface area contributed by atoms with Crippen LogP contribution in [0.4, 0.5) is 5.69 Å². The molecule has 2 aromatic rings. The summed E-state index contributed by atoms with van der Waals surface area (Å²) in [5, 5.41) is 0.681. The number of hydrogen-bond acceptors (Lipinski definition) is 4. The van der Waals surface area contributed by atoms with Crippen LogP contribution in [0.25, 0.3) is 0 Å². The van der Waals surface area contributed by atoms with Crippen LogP contribution in [-0.2, 0) is 6.61 Å². The zero-order valence-corrected chi connectivity index (χ0v) is 12.2. The van der Waals surface area contributed by atoms with E-state index in [1.807, 2.05) is 38.1 Å². The molecule has 0 unspecified atom stereocenters. The molecule has 0 atom stereocenters. The molecule has 20 heavy (non-hydrogen) atoms. The first-order valence-corrected chi connectivity index (χ1v) is 6.73. The number of anilines is 1. The second kappa shape index (κ2) is 6.48. The van der Waals surface area contributed by atoms with E-state index in [9.17, 15) is 0 Å². The van der Waals surface area contributed by atoms with Crippen LogP contribution in [0, 0.1) is 0 Å². The number of aromatic nitrogens is 1. The van der Waals surface area contributed by atoms with Crippen LogP contribution in [0.3, 0.4) is 0 Å². The average Bonchev–Trinajstić information content (AvgIpc) is 2.39. The molecule has 1 aromatic heterocycles. The van der Waals surface area contributed by atoms with Gasteiger partial charge in [0.15, 0.2) is 0 Å². The number of pyridine rings is 1. The Bertz CT molecular complexity index is 588. The minimum Gasteiger partial charge on any atom is -0.473 e. The Morgan fingerprint density at radius 3 is 2.75 bits per heavy atom. The third kappa shape index (κ3) is 4.03. The molecule has 1 heterocycles. The van der Waals surface area contributed by atoms with Crippen LogP contribution < -0.4 is 15.2 Å². The third-order valence-electron chi connectivity index (χ3n) is 2.49. The van der Waals surface area contributed by atoms with Crippen molar-refractivity contribution in [1.29, 1.82) is 0 Å². The van der Waals surface area contributed by atoms with Crippen molar-refractivity contribution < 1.29 is 9.47 Å². The van der Waals surface area contributed by atoms with Gasteiger partial charge in [-0.25, -0.2) is 0 Å². The molecule has 5 heteroatoms. The first-order chi connectivity index (χ1) is 9.54. The molecule has 0 aliphatic rings. The average molecular weight is 293 g/mol. The molecule has 1 aromatic carbocycles. The second-order valence-electron chi connectivity index (χ2n) is 4.63. The van der Waals surface area contributed by atoms with Gasteiger partial charge in [-0.05, 0) is 37.6 Å². The highest BCUT2D eigenvalue weighted by Gasteiger charge is 2.07. The Labute approximate surface area is 123 Å². The molecule has 0 aliphatic carbocycles. The molecule has 106 valence electrons. The molecular formula is C15H17ClN2O2. The monoisotopic (exact) mass is 292 g/mol. The van der Waals surface area contributed by atoms with Gasteiger partial charge in [-0.2, -0.15) is 4.98 Å². The summed E-state index contributed by atoms with van der Waals surface area (Å²) in [6.07, 6.45) is 0.00739. The Kier molecular flexibility index (Phi) is 4.69. The van der Waals surface area contributed by atoms with E-state index in [1.165, 1.54) is 0 Å². The van der Waals surface area contributed by atoms with Crippen molar-refractivity contribution in [2.75, 3.05) is 5.73 Å². The Balaban J connectivity index is 2.06. The molecule has 0 fully saturated rings. The number of nitrogen functional groups attached to an aromatic ring is 1. The molecule has 4 nitrogen and oxygen atoms in total. The number of benzene rings is 1. The zero-order chi connectivity index (χ0) is 14.5. The largest absolute Gasteiger partial charge is 0.473 e. The Morgan fingerprint density at radius 1 is 1.25 bits per heavy atom. The summed E-state index contributed by atoms with van der Waals surface area (Å²) in [6, 6.07) is 10.9. The van der Waals surface area contributed by atoms with Crippen molar-refractivity contribution in [3.05, 3.63) is 47.0 Å². The maximum Gasteiger partial charge on any atom is 0.240 e. The molecule has 2 rings (SSSR count). The van der Waals surface area contributed by atoms with Crippen LogP contribution in [0.15, 0.2) is 36.4 Å². The molecule has 0 bridgehead atoms. The molecule has 0 saturated heterocycles. The van der Waals surface area contributed by atoms with Crippen molar-refractivity contribution >= 4 is 17.3 Å². The van der Waals surface area contributed by atoms with Gasteiger partial charge < -0.3 is 15.2 Å². The lowest BCUT2D eigenvalue weighted by Gasteiger charge is -2.12. The van der Waals surface area contributed by atoms with Crippen LogP contribution in [0.5, 0.6) is 11.8 Å². The van der Waals surface area contributed by atoms with Gasteiger partial charge in [0, 0.05) is 11.1 Å². The third-order valence-corrected chi connectivity index (χ3v) is 2.72. The first-order valence-electron chi connectivity index (χ1n) is 6.35. The van der Waals surface area contributed by atoms with Gasteiger partial charge >= 0.3 is 0 Å². The second-order valence-corrected chi connectivity index (χ2v) is 5.07. The lowest BCUT2D eigenvalue weighted by Crippen LogP contribution is -2.09. The lowest BCUT2D eigenvalue weighted by atomic mass is 10.2. The van der Waals surface area contributed by atoms with Gasteiger partial charge in [0.2, 0.25) is 11.8 Å². The van der Waals surface area contributed by atoms with E-state index in [0.29, 0.717) is 29.1 Å². The quantitative estimate of drug-likeness (QED) is 0.913. The Hall–Kier alpha value is -1.94. The predicted molar refractivity (Wildman–Crippen MR) is 80.2 cm³/mol. The van der Waals surface area contributed by atoms with Crippen LogP contribution in [0.2, 0.25) is 5.02 Å². The summed E-state index contributed by atoms with van der Waals surface area (Å²) in [6.45, 7) is 4.22. The van der Waals surface area contributed by atoms with Gasteiger partial charge in [0.05, 0.1) is 11.8 Å². The number of nitrogens with two attached hydrogens (primary N) is 1. The highest BCUT2D eigenvalue weighted by atomic mass is 35.5. The fraction of sp³-hybridized carbons (Fsp3) is 0.267. The molecule has 0 radical (unpaired) electrons. The fourth-order valence-corrected chi connectivity index (χ4v) is 1.83. The topological polar surface area (TPSA) is 57.4 Å². The number of rotatable bonds is 5. The molecule has 2 N–H and O–H groups in total. The van der Waals surface area contributed by atoms with E-state index < -0.39 is 0 Å². The molecular weight excluding hydrogens is 276 g/mol. The number of hydrogen-bond donors (Lipinski definition) is 1. The van der Waals surface area contributed by atoms with Crippen LogP contribution >= 0.6 is 11.6 Å².